The smallest absolute Gasteiger partial charge is 0.293 e. The molecule has 0 radical (unpaired) electrons. The number of fused-ring (bicyclic) bond motifs is 1. The summed E-state index contributed by atoms with van der Waals surface area (Å²) in [5.74, 6) is -4.19. The quantitative estimate of drug-likeness (QED) is 0.734. The van der Waals surface area contributed by atoms with E-state index in [9.17, 15) is 22.8 Å². The monoisotopic (exact) mass is 270 g/mol. The molecule has 1 atom stereocenters. The predicted molar refractivity (Wildman–Crippen MR) is 63.1 cm³/mol. The lowest BCUT2D eigenvalue weighted by molar-refractivity contribution is -0.174. The van der Waals surface area contributed by atoms with Crippen molar-refractivity contribution in [2.45, 2.75) is 32.9 Å². The third-order valence-electron chi connectivity index (χ3n) is 3.60. The molecule has 0 saturated heterocycles. The average Bonchev–Trinajstić information content (AvgIpc) is 2.32. The summed E-state index contributed by atoms with van der Waals surface area (Å²) in [5, 5.41) is 0. The SMILES string of the molecule is Cc1ccc(C)c2c1CCC(C(=O)C(F)(F)F)C2=O. The lowest BCUT2D eigenvalue weighted by Gasteiger charge is -2.25. The number of ketones is 2. The molecule has 1 aliphatic rings. The van der Waals surface area contributed by atoms with Gasteiger partial charge < -0.3 is 0 Å². The van der Waals surface area contributed by atoms with Crippen molar-refractivity contribution < 1.29 is 22.8 Å². The van der Waals surface area contributed by atoms with Gasteiger partial charge in [-0.3, -0.25) is 9.59 Å². The zero-order valence-electron chi connectivity index (χ0n) is 10.6. The van der Waals surface area contributed by atoms with Gasteiger partial charge in [-0.25, -0.2) is 0 Å². The van der Waals surface area contributed by atoms with E-state index < -0.39 is 23.7 Å². The van der Waals surface area contributed by atoms with Gasteiger partial charge in [0.25, 0.3) is 0 Å². The molecule has 0 amide bonds. The van der Waals surface area contributed by atoms with Crippen LogP contribution < -0.4 is 0 Å². The van der Waals surface area contributed by atoms with E-state index in [0.29, 0.717) is 17.5 Å². The summed E-state index contributed by atoms with van der Waals surface area (Å²) < 4.78 is 37.4. The minimum atomic E-state index is -4.95. The van der Waals surface area contributed by atoms with Crippen LogP contribution in [0.1, 0.15) is 33.5 Å². The van der Waals surface area contributed by atoms with Crippen molar-refractivity contribution in [2.24, 2.45) is 5.92 Å². The Morgan fingerprint density at radius 3 is 2.37 bits per heavy atom. The van der Waals surface area contributed by atoms with Crippen LogP contribution in [0.3, 0.4) is 0 Å². The van der Waals surface area contributed by atoms with Crippen molar-refractivity contribution in [3.63, 3.8) is 0 Å². The van der Waals surface area contributed by atoms with Gasteiger partial charge in [0, 0.05) is 5.56 Å². The van der Waals surface area contributed by atoms with Gasteiger partial charge in [-0.1, -0.05) is 12.1 Å². The molecular weight excluding hydrogens is 257 g/mol. The largest absolute Gasteiger partial charge is 0.450 e. The Labute approximate surface area is 108 Å². The highest BCUT2D eigenvalue weighted by Gasteiger charge is 2.47. The third kappa shape index (κ3) is 2.29. The molecule has 19 heavy (non-hydrogen) atoms. The van der Waals surface area contributed by atoms with Crippen LogP contribution in [0.2, 0.25) is 0 Å². The van der Waals surface area contributed by atoms with Crippen LogP contribution in [0.4, 0.5) is 13.2 Å². The summed E-state index contributed by atoms with van der Waals surface area (Å²) in [7, 11) is 0. The Kier molecular flexibility index (Phi) is 3.24. The van der Waals surface area contributed by atoms with Gasteiger partial charge in [-0.05, 0) is 43.4 Å². The van der Waals surface area contributed by atoms with Crippen molar-refractivity contribution in [1.82, 2.24) is 0 Å². The topological polar surface area (TPSA) is 34.1 Å². The number of carbonyl (C=O) groups is 2. The highest BCUT2D eigenvalue weighted by molar-refractivity contribution is 6.14. The molecule has 0 aliphatic heterocycles. The maximum absolute atomic E-state index is 12.5. The first-order chi connectivity index (χ1) is 8.73. The molecular formula is C14H13F3O2. The van der Waals surface area contributed by atoms with E-state index in [4.69, 9.17) is 0 Å². The lowest BCUT2D eigenvalue weighted by Crippen LogP contribution is -2.38. The number of hydrogen-bond acceptors (Lipinski definition) is 2. The first-order valence-corrected chi connectivity index (χ1v) is 5.98. The number of alkyl halides is 3. The first kappa shape index (κ1) is 13.8. The number of benzene rings is 1. The predicted octanol–water partition coefficient (Wildman–Crippen LogP) is 3.18. The van der Waals surface area contributed by atoms with E-state index in [2.05, 4.69) is 0 Å². The van der Waals surface area contributed by atoms with E-state index in [1.165, 1.54) is 0 Å². The van der Waals surface area contributed by atoms with Crippen LogP contribution in [-0.4, -0.2) is 17.7 Å². The molecule has 5 heteroatoms. The molecule has 0 heterocycles. The fourth-order valence-electron chi connectivity index (χ4n) is 2.58. The summed E-state index contributed by atoms with van der Waals surface area (Å²) >= 11 is 0. The van der Waals surface area contributed by atoms with E-state index in [-0.39, 0.29) is 6.42 Å². The normalized spacial score (nSPS) is 19.2. The van der Waals surface area contributed by atoms with Crippen LogP contribution in [0.25, 0.3) is 0 Å². The maximum Gasteiger partial charge on any atom is 0.450 e. The highest BCUT2D eigenvalue weighted by atomic mass is 19.4. The number of hydrogen-bond donors (Lipinski definition) is 0. The second-order valence-corrected chi connectivity index (χ2v) is 4.87. The van der Waals surface area contributed by atoms with Gasteiger partial charge in [0.15, 0.2) is 5.78 Å². The van der Waals surface area contributed by atoms with Crippen molar-refractivity contribution in [3.8, 4) is 0 Å². The summed E-state index contributed by atoms with van der Waals surface area (Å²) in [4.78, 5) is 23.4. The van der Waals surface area contributed by atoms with Gasteiger partial charge >= 0.3 is 6.18 Å². The van der Waals surface area contributed by atoms with E-state index in [1.807, 2.05) is 13.0 Å². The summed E-state index contributed by atoms with van der Waals surface area (Å²) in [6.07, 6.45) is -4.68. The maximum atomic E-state index is 12.5. The van der Waals surface area contributed by atoms with Crippen LogP contribution in [0.15, 0.2) is 12.1 Å². The minimum Gasteiger partial charge on any atom is -0.293 e. The van der Waals surface area contributed by atoms with Crippen LogP contribution in [0.5, 0.6) is 0 Å². The Morgan fingerprint density at radius 2 is 1.79 bits per heavy atom. The molecule has 0 aromatic heterocycles. The molecule has 0 saturated carbocycles. The van der Waals surface area contributed by atoms with E-state index in [1.54, 1.807) is 13.0 Å². The van der Waals surface area contributed by atoms with Crippen molar-refractivity contribution in [1.29, 1.82) is 0 Å². The van der Waals surface area contributed by atoms with Gasteiger partial charge in [-0.15, -0.1) is 0 Å². The van der Waals surface area contributed by atoms with Crippen molar-refractivity contribution >= 4 is 11.6 Å². The fourth-order valence-corrected chi connectivity index (χ4v) is 2.58. The standard InChI is InChI=1S/C14H13F3O2/c1-7-3-4-8(2)11-9(7)5-6-10(12(11)18)13(19)14(15,16)17/h3-4,10H,5-6H2,1-2H3. The summed E-state index contributed by atoms with van der Waals surface area (Å²) in [6.45, 7) is 3.49. The molecule has 102 valence electrons. The molecule has 2 nitrogen and oxygen atoms in total. The number of Topliss-reactive ketones (excluding diaryl/α,β-unsaturated/α-hetero) is 2. The molecule has 2 rings (SSSR count). The molecule has 0 spiro atoms. The fraction of sp³-hybridized carbons (Fsp3) is 0.429. The van der Waals surface area contributed by atoms with E-state index in [0.717, 1.165) is 11.1 Å². The lowest BCUT2D eigenvalue weighted by atomic mass is 9.77. The van der Waals surface area contributed by atoms with E-state index >= 15 is 0 Å². The molecule has 0 bridgehead atoms. The molecule has 1 aromatic rings. The molecule has 1 aromatic carbocycles. The highest BCUT2D eigenvalue weighted by Crippen LogP contribution is 2.34. The number of aryl methyl sites for hydroxylation is 2. The Hall–Kier alpha value is -1.65. The second kappa shape index (κ2) is 4.47. The minimum absolute atomic E-state index is 0.0610. The summed E-state index contributed by atoms with van der Waals surface area (Å²) in [6, 6.07) is 3.54. The van der Waals surface area contributed by atoms with Crippen molar-refractivity contribution in [2.75, 3.05) is 0 Å². The van der Waals surface area contributed by atoms with Crippen LogP contribution in [0, 0.1) is 19.8 Å². The molecule has 1 aliphatic carbocycles. The first-order valence-electron chi connectivity index (χ1n) is 5.98. The second-order valence-electron chi connectivity index (χ2n) is 4.87. The van der Waals surface area contributed by atoms with Gasteiger partial charge in [0.1, 0.15) is 0 Å². The molecule has 0 fully saturated rings. The average molecular weight is 270 g/mol. The number of halogens is 3. The zero-order chi connectivity index (χ0) is 14.4. The number of rotatable bonds is 1. The third-order valence-corrected chi connectivity index (χ3v) is 3.60. The van der Waals surface area contributed by atoms with Gasteiger partial charge in [0.05, 0.1) is 5.92 Å². The zero-order valence-corrected chi connectivity index (χ0v) is 10.6. The van der Waals surface area contributed by atoms with Crippen LogP contribution >= 0.6 is 0 Å². The molecule has 1 unspecified atom stereocenters. The van der Waals surface area contributed by atoms with Crippen molar-refractivity contribution in [3.05, 3.63) is 34.4 Å². The molecule has 0 N–H and O–H groups in total. The Bertz CT molecular complexity index is 559. The van der Waals surface area contributed by atoms with Crippen LogP contribution in [-0.2, 0) is 11.2 Å². The number of carbonyl (C=O) groups excluding carboxylic acids is 2. The van der Waals surface area contributed by atoms with Gasteiger partial charge in [-0.2, -0.15) is 13.2 Å². The van der Waals surface area contributed by atoms with Gasteiger partial charge in [0.2, 0.25) is 5.78 Å². The Balaban J connectivity index is 2.46. The summed E-state index contributed by atoms with van der Waals surface area (Å²) in [5.41, 5.74) is 2.59. The Morgan fingerprint density at radius 1 is 1.21 bits per heavy atom.